The number of urea groups is 1. The molecular formula is C8H7N2O2. The third-order valence-corrected chi connectivity index (χ3v) is 1.71. The molecule has 61 valence electrons. The molecule has 0 fully saturated rings. The molecule has 2 N–H and O–H groups in total. The molecular weight excluding hydrogens is 156 g/mol. The minimum absolute atomic E-state index is 0.0308. The lowest BCUT2D eigenvalue weighted by Crippen LogP contribution is -2.08. The number of nitrogens with zero attached hydrogens (tertiary/aromatic N) is 1. The van der Waals surface area contributed by atoms with Crippen molar-refractivity contribution in [1.82, 2.24) is 5.32 Å². The monoisotopic (exact) mass is 163 g/mol. The van der Waals surface area contributed by atoms with Gasteiger partial charge >= 0.3 is 6.03 Å². The molecule has 1 radical (unpaired) electrons. The van der Waals surface area contributed by atoms with E-state index < -0.39 is 0 Å². The fourth-order valence-corrected chi connectivity index (χ4v) is 1.13. The van der Waals surface area contributed by atoms with Gasteiger partial charge in [-0.05, 0) is 17.7 Å². The van der Waals surface area contributed by atoms with Crippen molar-refractivity contribution in [1.29, 1.82) is 0 Å². The van der Waals surface area contributed by atoms with Crippen LogP contribution in [-0.4, -0.2) is 11.1 Å². The molecule has 1 heterocycles. The molecule has 1 aliphatic rings. The van der Waals surface area contributed by atoms with Crippen molar-refractivity contribution in [2.24, 2.45) is 0 Å². The second-order valence-corrected chi connectivity index (χ2v) is 2.55. The maximum Gasteiger partial charge on any atom is 0.346 e. The molecule has 12 heavy (non-hydrogen) atoms. The van der Waals surface area contributed by atoms with Gasteiger partial charge in [-0.15, -0.1) is 0 Å². The van der Waals surface area contributed by atoms with E-state index in [1.807, 2.05) is 0 Å². The number of fused-ring (bicyclic) bond motifs is 1. The Labute approximate surface area is 69.2 Å². The molecule has 4 heteroatoms. The second-order valence-electron chi connectivity index (χ2n) is 2.55. The topological polar surface area (TPSA) is 63.4 Å². The van der Waals surface area contributed by atoms with Gasteiger partial charge in [0.05, 0.1) is 18.0 Å². The number of carbonyl (C=O) groups is 1. The number of nitrogens with one attached hydrogen (secondary N) is 1. The lowest BCUT2D eigenvalue weighted by Gasteiger charge is -1.97. The van der Waals surface area contributed by atoms with E-state index in [1.165, 1.54) is 0 Å². The zero-order valence-electron chi connectivity index (χ0n) is 6.24. The van der Waals surface area contributed by atoms with Gasteiger partial charge in [-0.1, -0.05) is 6.07 Å². The Balaban J connectivity index is 2.41. The van der Waals surface area contributed by atoms with E-state index in [4.69, 9.17) is 5.11 Å². The number of amides is 2. The standard InChI is InChI=1S/C8H7N2O2/c11-4-5-1-2-6-7(3-5)10-8(12)9-6/h1-3,11H,4H2,(H,9,12). The molecule has 0 saturated carbocycles. The summed E-state index contributed by atoms with van der Waals surface area (Å²) in [6, 6.07) is 4.82. The SMILES string of the molecule is O=C1[N]c2cc(CO)ccc2N1. The number of hydrogen-bond acceptors (Lipinski definition) is 2. The number of benzene rings is 1. The van der Waals surface area contributed by atoms with Crippen molar-refractivity contribution < 1.29 is 9.90 Å². The van der Waals surface area contributed by atoms with Crippen LogP contribution in [0.2, 0.25) is 0 Å². The third kappa shape index (κ3) is 1.02. The van der Waals surface area contributed by atoms with E-state index >= 15 is 0 Å². The second kappa shape index (κ2) is 2.49. The maximum atomic E-state index is 10.8. The maximum absolute atomic E-state index is 10.8. The molecule has 4 nitrogen and oxygen atoms in total. The molecule has 0 spiro atoms. The Bertz CT molecular complexity index is 336. The molecule has 0 aromatic heterocycles. The number of rotatable bonds is 1. The Morgan fingerprint density at radius 1 is 1.50 bits per heavy atom. The number of hydrogen-bond donors (Lipinski definition) is 2. The summed E-state index contributed by atoms with van der Waals surface area (Å²) < 4.78 is 0. The number of carbonyl (C=O) groups excluding carboxylic acids is 1. The lowest BCUT2D eigenvalue weighted by molar-refractivity contribution is 0.256. The lowest BCUT2D eigenvalue weighted by atomic mass is 10.2. The van der Waals surface area contributed by atoms with Crippen molar-refractivity contribution >= 4 is 17.4 Å². The Morgan fingerprint density at radius 2 is 2.33 bits per heavy atom. The fourth-order valence-electron chi connectivity index (χ4n) is 1.13. The molecule has 0 atom stereocenters. The van der Waals surface area contributed by atoms with Gasteiger partial charge < -0.3 is 10.4 Å². The molecule has 2 rings (SSSR count). The fraction of sp³-hybridized carbons (Fsp3) is 0.125. The van der Waals surface area contributed by atoms with Crippen molar-refractivity contribution in [3.63, 3.8) is 0 Å². The number of anilines is 1. The molecule has 2 amide bonds. The minimum atomic E-state index is -0.347. The highest BCUT2D eigenvalue weighted by atomic mass is 16.3. The van der Waals surface area contributed by atoms with Crippen LogP contribution in [-0.2, 0) is 6.61 Å². The van der Waals surface area contributed by atoms with Crippen LogP contribution in [0.25, 0.3) is 0 Å². The highest BCUT2D eigenvalue weighted by Gasteiger charge is 2.18. The summed E-state index contributed by atoms with van der Waals surface area (Å²) in [5, 5.41) is 15.0. The van der Waals surface area contributed by atoms with Crippen molar-refractivity contribution in [2.45, 2.75) is 6.61 Å². The van der Waals surface area contributed by atoms with Crippen LogP contribution in [0.4, 0.5) is 16.2 Å². The first kappa shape index (κ1) is 7.12. The van der Waals surface area contributed by atoms with Gasteiger partial charge in [-0.2, -0.15) is 5.32 Å². The molecule has 0 aliphatic carbocycles. The third-order valence-electron chi connectivity index (χ3n) is 1.71. The van der Waals surface area contributed by atoms with Crippen molar-refractivity contribution in [2.75, 3.05) is 5.32 Å². The highest BCUT2D eigenvalue weighted by Crippen LogP contribution is 2.27. The van der Waals surface area contributed by atoms with E-state index in [2.05, 4.69) is 10.6 Å². The first-order valence-corrected chi connectivity index (χ1v) is 3.56. The van der Waals surface area contributed by atoms with Crippen molar-refractivity contribution in [3.8, 4) is 0 Å². The van der Waals surface area contributed by atoms with E-state index in [0.717, 1.165) is 5.56 Å². The predicted octanol–water partition coefficient (Wildman–Crippen LogP) is 0.960. The van der Waals surface area contributed by atoms with Crippen LogP contribution in [0.3, 0.4) is 0 Å². The molecule has 0 bridgehead atoms. The van der Waals surface area contributed by atoms with Gasteiger partial charge in [0.2, 0.25) is 0 Å². The molecule has 0 unspecified atom stereocenters. The zero-order chi connectivity index (χ0) is 8.55. The summed E-state index contributed by atoms with van der Waals surface area (Å²) in [4.78, 5) is 10.8. The predicted molar refractivity (Wildman–Crippen MR) is 43.2 cm³/mol. The van der Waals surface area contributed by atoms with Gasteiger partial charge in [0, 0.05) is 0 Å². The van der Waals surface area contributed by atoms with Crippen LogP contribution in [0.5, 0.6) is 0 Å². The van der Waals surface area contributed by atoms with Gasteiger partial charge in [0.25, 0.3) is 0 Å². The first-order valence-electron chi connectivity index (χ1n) is 3.56. The van der Waals surface area contributed by atoms with Gasteiger partial charge in [-0.3, -0.25) is 0 Å². The van der Waals surface area contributed by atoms with E-state index in [9.17, 15) is 4.79 Å². The summed E-state index contributed by atoms with van der Waals surface area (Å²) in [6.07, 6.45) is 0. The molecule has 0 saturated heterocycles. The quantitative estimate of drug-likeness (QED) is 0.647. The zero-order valence-corrected chi connectivity index (χ0v) is 6.24. The van der Waals surface area contributed by atoms with Crippen LogP contribution < -0.4 is 10.6 Å². The Kier molecular flexibility index (Phi) is 1.48. The summed E-state index contributed by atoms with van der Waals surface area (Å²) in [5.41, 5.74) is 2.07. The van der Waals surface area contributed by atoms with Gasteiger partial charge in [0.15, 0.2) is 0 Å². The van der Waals surface area contributed by atoms with Crippen LogP contribution >= 0.6 is 0 Å². The summed E-state index contributed by atoms with van der Waals surface area (Å²) in [6.45, 7) is -0.0308. The van der Waals surface area contributed by atoms with Crippen LogP contribution in [0.1, 0.15) is 5.56 Å². The largest absolute Gasteiger partial charge is 0.392 e. The highest BCUT2D eigenvalue weighted by molar-refractivity contribution is 6.02. The normalized spacial score (nSPS) is 13.6. The van der Waals surface area contributed by atoms with E-state index in [0.29, 0.717) is 11.4 Å². The summed E-state index contributed by atoms with van der Waals surface area (Å²) in [5.74, 6) is 0. The summed E-state index contributed by atoms with van der Waals surface area (Å²) >= 11 is 0. The van der Waals surface area contributed by atoms with Crippen LogP contribution in [0, 0.1) is 0 Å². The van der Waals surface area contributed by atoms with E-state index in [1.54, 1.807) is 18.2 Å². The molecule has 1 aromatic rings. The Hall–Kier alpha value is -1.55. The average molecular weight is 163 g/mol. The minimum Gasteiger partial charge on any atom is -0.392 e. The summed E-state index contributed by atoms with van der Waals surface area (Å²) in [7, 11) is 0. The molecule has 1 aromatic carbocycles. The van der Waals surface area contributed by atoms with E-state index in [-0.39, 0.29) is 12.6 Å². The number of aliphatic hydroxyl groups excluding tert-OH is 1. The first-order chi connectivity index (χ1) is 5.79. The average Bonchev–Trinajstić information content (AvgIpc) is 2.43. The molecule has 1 aliphatic heterocycles. The van der Waals surface area contributed by atoms with Gasteiger partial charge in [-0.25, -0.2) is 4.79 Å². The Morgan fingerprint density at radius 3 is 3.08 bits per heavy atom. The smallest absolute Gasteiger partial charge is 0.346 e. The van der Waals surface area contributed by atoms with Crippen LogP contribution in [0.15, 0.2) is 18.2 Å². The van der Waals surface area contributed by atoms with Crippen molar-refractivity contribution in [3.05, 3.63) is 23.8 Å². The number of aliphatic hydroxyl groups is 1. The van der Waals surface area contributed by atoms with Gasteiger partial charge in [0.1, 0.15) is 0 Å².